The van der Waals surface area contributed by atoms with Gasteiger partial charge in [0, 0.05) is 25.0 Å². The highest BCUT2D eigenvalue weighted by molar-refractivity contribution is 5.90. The predicted octanol–water partition coefficient (Wildman–Crippen LogP) is 1.14. The highest BCUT2D eigenvalue weighted by atomic mass is 16.2. The minimum Gasteiger partial charge on any atom is -0.346 e. The maximum absolute atomic E-state index is 12.0. The number of carbonyl (C=O) groups is 1. The quantitative estimate of drug-likeness (QED) is 0.856. The molecule has 1 aliphatic rings. The largest absolute Gasteiger partial charge is 0.346 e. The molecule has 1 aromatic heterocycles. The summed E-state index contributed by atoms with van der Waals surface area (Å²) in [7, 11) is 0. The molecular weight excluding hydrogens is 242 g/mol. The van der Waals surface area contributed by atoms with E-state index in [4.69, 9.17) is 0 Å². The van der Waals surface area contributed by atoms with Crippen LogP contribution in [0.4, 0.5) is 0 Å². The van der Waals surface area contributed by atoms with Crippen LogP contribution in [-0.2, 0) is 0 Å². The molecule has 0 spiro atoms. The first kappa shape index (κ1) is 14.0. The van der Waals surface area contributed by atoms with Gasteiger partial charge in [0.1, 0.15) is 5.82 Å². The topological polar surface area (TPSA) is 73.9 Å². The maximum Gasteiger partial charge on any atom is 0.291 e. The number of likely N-dealkylation sites (tertiary alicyclic amines) is 1. The van der Waals surface area contributed by atoms with Crippen LogP contribution in [0.2, 0.25) is 0 Å². The molecule has 0 saturated carbocycles. The second-order valence-electron chi connectivity index (χ2n) is 5.38. The Bertz CT molecular complexity index is 420. The number of carbonyl (C=O) groups excluding carboxylic acids is 1. The van der Waals surface area contributed by atoms with Crippen LogP contribution in [0.1, 0.15) is 56.0 Å². The number of aromatic nitrogens is 3. The van der Waals surface area contributed by atoms with E-state index >= 15 is 0 Å². The van der Waals surface area contributed by atoms with E-state index < -0.39 is 0 Å². The summed E-state index contributed by atoms with van der Waals surface area (Å²) in [6, 6.07) is 0.247. The lowest BCUT2D eigenvalue weighted by Crippen LogP contribution is -2.44. The second kappa shape index (κ2) is 6.14. The van der Waals surface area contributed by atoms with Crippen LogP contribution >= 0.6 is 0 Å². The molecule has 6 heteroatoms. The van der Waals surface area contributed by atoms with Gasteiger partial charge in [-0.25, -0.2) is 4.98 Å². The highest BCUT2D eigenvalue weighted by Crippen LogP contribution is 2.11. The molecule has 106 valence electrons. The molecule has 1 aromatic rings. The predicted molar refractivity (Wildman–Crippen MR) is 73.1 cm³/mol. The van der Waals surface area contributed by atoms with Gasteiger partial charge in [0.2, 0.25) is 5.82 Å². The second-order valence-corrected chi connectivity index (χ2v) is 5.38. The minimum absolute atomic E-state index is 0.168. The van der Waals surface area contributed by atoms with Gasteiger partial charge in [-0.3, -0.25) is 9.89 Å². The van der Waals surface area contributed by atoms with Crippen LogP contribution in [-0.4, -0.2) is 51.7 Å². The molecule has 0 aliphatic carbocycles. The Morgan fingerprint density at radius 2 is 2.16 bits per heavy atom. The molecule has 2 heterocycles. The standard InChI is InChI=1S/C13H23N5O/c1-4-18-7-5-10(6-8-18)14-13(19)12-15-11(9(2)3)16-17-12/h9-10H,4-8H2,1-3H3,(H,14,19)(H,15,16,17). The number of nitrogens with one attached hydrogen (secondary N) is 2. The molecular formula is C13H23N5O. The lowest BCUT2D eigenvalue weighted by molar-refractivity contribution is 0.0902. The smallest absolute Gasteiger partial charge is 0.291 e. The van der Waals surface area contributed by atoms with E-state index in [9.17, 15) is 4.79 Å². The van der Waals surface area contributed by atoms with Gasteiger partial charge in [0.25, 0.3) is 5.91 Å². The summed E-state index contributed by atoms with van der Waals surface area (Å²) in [5.74, 6) is 1.09. The Morgan fingerprint density at radius 3 is 2.68 bits per heavy atom. The number of hydrogen-bond acceptors (Lipinski definition) is 4. The normalized spacial score (nSPS) is 17.9. The third-order valence-corrected chi connectivity index (χ3v) is 3.62. The number of hydrogen-bond donors (Lipinski definition) is 2. The van der Waals surface area contributed by atoms with E-state index in [2.05, 4.69) is 32.3 Å². The first-order valence-electron chi connectivity index (χ1n) is 7.05. The zero-order chi connectivity index (χ0) is 13.8. The van der Waals surface area contributed by atoms with Crippen molar-refractivity contribution in [3.63, 3.8) is 0 Å². The van der Waals surface area contributed by atoms with Crippen molar-refractivity contribution in [1.82, 2.24) is 25.4 Å². The first-order chi connectivity index (χ1) is 9.10. The fourth-order valence-corrected chi connectivity index (χ4v) is 2.28. The Balaban J connectivity index is 1.87. The van der Waals surface area contributed by atoms with E-state index in [1.54, 1.807) is 0 Å². The number of rotatable bonds is 4. The summed E-state index contributed by atoms with van der Waals surface area (Å²) in [5, 5.41) is 9.81. The van der Waals surface area contributed by atoms with Gasteiger partial charge in [0.15, 0.2) is 0 Å². The van der Waals surface area contributed by atoms with E-state index in [1.807, 2.05) is 13.8 Å². The molecule has 0 bridgehead atoms. The number of amides is 1. The molecule has 1 aliphatic heterocycles. The summed E-state index contributed by atoms with van der Waals surface area (Å²) in [4.78, 5) is 18.6. The van der Waals surface area contributed by atoms with Crippen LogP contribution in [0.15, 0.2) is 0 Å². The third-order valence-electron chi connectivity index (χ3n) is 3.62. The zero-order valence-corrected chi connectivity index (χ0v) is 11.9. The van der Waals surface area contributed by atoms with Crippen molar-refractivity contribution < 1.29 is 4.79 Å². The number of piperidine rings is 1. The zero-order valence-electron chi connectivity index (χ0n) is 11.9. The average Bonchev–Trinajstić information content (AvgIpc) is 2.89. The summed E-state index contributed by atoms with van der Waals surface area (Å²) < 4.78 is 0. The van der Waals surface area contributed by atoms with Crippen molar-refractivity contribution in [3.05, 3.63) is 11.6 Å². The van der Waals surface area contributed by atoms with Gasteiger partial charge in [0.05, 0.1) is 0 Å². The lowest BCUT2D eigenvalue weighted by atomic mass is 10.1. The molecule has 6 nitrogen and oxygen atoms in total. The van der Waals surface area contributed by atoms with E-state index in [-0.39, 0.29) is 23.7 Å². The molecule has 1 saturated heterocycles. The fraction of sp³-hybridized carbons (Fsp3) is 0.769. The highest BCUT2D eigenvalue weighted by Gasteiger charge is 2.22. The SMILES string of the molecule is CCN1CCC(NC(=O)c2n[nH]c(C(C)C)n2)CC1. The molecule has 2 N–H and O–H groups in total. The Labute approximate surface area is 114 Å². The van der Waals surface area contributed by atoms with Crippen LogP contribution in [0.3, 0.4) is 0 Å². The van der Waals surface area contributed by atoms with Crippen molar-refractivity contribution >= 4 is 5.91 Å². The van der Waals surface area contributed by atoms with Crippen molar-refractivity contribution in [3.8, 4) is 0 Å². The third kappa shape index (κ3) is 3.53. The van der Waals surface area contributed by atoms with Crippen LogP contribution < -0.4 is 5.32 Å². The van der Waals surface area contributed by atoms with Crippen LogP contribution in [0.5, 0.6) is 0 Å². The lowest BCUT2D eigenvalue weighted by Gasteiger charge is -2.31. The molecule has 1 amide bonds. The average molecular weight is 265 g/mol. The molecule has 19 heavy (non-hydrogen) atoms. The van der Waals surface area contributed by atoms with E-state index in [0.717, 1.165) is 38.3 Å². The number of H-pyrrole nitrogens is 1. The molecule has 0 aromatic carbocycles. The Hall–Kier alpha value is -1.43. The summed E-state index contributed by atoms with van der Waals surface area (Å²) in [6.07, 6.45) is 2.00. The molecule has 2 rings (SSSR count). The molecule has 0 atom stereocenters. The van der Waals surface area contributed by atoms with Gasteiger partial charge in [-0.05, 0) is 19.4 Å². The summed E-state index contributed by atoms with van der Waals surface area (Å²) in [6.45, 7) is 9.38. The van der Waals surface area contributed by atoms with Crippen molar-refractivity contribution in [2.45, 2.75) is 45.6 Å². The molecule has 0 unspecified atom stereocenters. The Kier molecular flexibility index (Phi) is 4.52. The van der Waals surface area contributed by atoms with Gasteiger partial charge < -0.3 is 10.2 Å². The molecule has 1 fully saturated rings. The number of aromatic amines is 1. The Morgan fingerprint density at radius 1 is 1.47 bits per heavy atom. The summed E-state index contributed by atoms with van der Waals surface area (Å²) >= 11 is 0. The fourth-order valence-electron chi connectivity index (χ4n) is 2.28. The summed E-state index contributed by atoms with van der Waals surface area (Å²) in [5.41, 5.74) is 0. The van der Waals surface area contributed by atoms with Crippen molar-refractivity contribution in [2.24, 2.45) is 0 Å². The monoisotopic (exact) mass is 265 g/mol. The first-order valence-corrected chi connectivity index (χ1v) is 7.05. The van der Waals surface area contributed by atoms with Gasteiger partial charge in [-0.1, -0.05) is 20.8 Å². The van der Waals surface area contributed by atoms with Gasteiger partial charge >= 0.3 is 0 Å². The van der Waals surface area contributed by atoms with Crippen molar-refractivity contribution in [1.29, 1.82) is 0 Å². The van der Waals surface area contributed by atoms with Gasteiger partial charge in [-0.2, -0.15) is 0 Å². The number of nitrogens with zero attached hydrogens (tertiary/aromatic N) is 3. The van der Waals surface area contributed by atoms with E-state index in [0.29, 0.717) is 0 Å². The van der Waals surface area contributed by atoms with Crippen LogP contribution in [0, 0.1) is 0 Å². The van der Waals surface area contributed by atoms with E-state index in [1.165, 1.54) is 0 Å². The van der Waals surface area contributed by atoms with Crippen LogP contribution in [0.25, 0.3) is 0 Å². The maximum atomic E-state index is 12.0. The van der Waals surface area contributed by atoms with Gasteiger partial charge in [-0.15, -0.1) is 5.10 Å². The van der Waals surface area contributed by atoms with Crippen molar-refractivity contribution in [2.75, 3.05) is 19.6 Å². The minimum atomic E-state index is -0.168. The molecule has 0 radical (unpaired) electrons.